The van der Waals surface area contributed by atoms with Gasteiger partial charge in [-0.25, -0.2) is 4.68 Å². The van der Waals surface area contributed by atoms with Crippen LogP contribution < -0.4 is 5.32 Å². The van der Waals surface area contributed by atoms with Crippen LogP contribution in [0.3, 0.4) is 0 Å². The number of rotatable bonds is 3. The lowest BCUT2D eigenvalue weighted by molar-refractivity contribution is -0.384. The molecule has 2 aromatic rings. The Labute approximate surface area is 141 Å². The third kappa shape index (κ3) is 2.60. The van der Waals surface area contributed by atoms with Gasteiger partial charge in [0.2, 0.25) is 0 Å². The molecule has 0 spiro atoms. The van der Waals surface area contributed by atoms with Crippen LogP contribution in [0, 0.1) is 10.1 Å². The molecule has 6 nitrogen and oxygen atoms in total. The van der Waals surface area contributed by atoms with Crippen LogP contribution in [0.1, 0.15) is 55.0 Å². The normalized spacial score (nSPS) is 18.3. The monoisotopic (exact) mass is 326 g/mol. The zero-order valence-corrected chi connectivity index (χ0v) is 13.7. The Kier molecular flexibility index (Phi) is 4.06. The highest BCUT2D eigenvalue weighted by atomic mass is 16.6. The summed E-state index contributed by atoms with van der Waals surface area (Å²) in [5.41, 5.74) is 4.28. The highest BCUT2D eigenvalue weighted by Crippen LogP contribution is 2.37. The van der Waals surface area contributed by atoms with Crippen molar-refractivity contribution in [1.29, 1.82) is 0 Å². The topological polar surface area (TPSA) is 73.0 Å². The summed E-state index contributed by atoms with van der Waals surface area (Å²) in [6.07, 6.45) is 7.04. The van der Waals surface area contributed by atoms with Crippen LogP contribution >= 0.6 is 0 Å². The van der Waals surface area contributed by atoms with E-state index in [-0.39, 0.29) is 10.6 Å². The number of hydrogen-bond acceptors (Lipinski definition) is 4. The van der Waals surface area contributed by atoms with Gasteiger partial charge >= 0.3 is 0 Å². The average molecular weight is 326 g/mol. The van der Waals surface area contributed by atoms with E-state index in [1.165, 1.54) is 37.7 Å². The molecular formula is C18H22N4O2. The Bertz CT molecular complexity index is 762. The molecule has 2 aliphatic rings. The van der Waals surface area contributed by atoms with Crippen LogP contribution in [-0.4, -0.2) is 21.2 Å². The van der Waals surface area contributed by atoms with Crippen molar-refractivity contribution < 1.29 is 4.92 Å². The fourth-order valence-corrected chi connectivity index (χ4v) is 4.07. The van der Waals surface area contributed by atoms with Gasteiger partial charge in [-0.05, 0) is 18.9 Å². The Morgan fingerprint density at radius 2 is 2.00 bits per heavy atom. The first-order chi connectivity index (χ1) is 11.8. The van der Waals surface area contributed by atoms with Crippen LogP contribution in [0.2, 0.25) is 0 Å². The van der Waals surface area contributed by atoms with Crippen LogP contribution in [0.25, 0.3) is 5.69 Å². The molecule has 1 aromatic carbocycles. The molecular weight excluding hydrogens is 304 g/mol. The zero-order chi connectivity index (χ0) is 16.5. The van der Waals surface area contributed by atoms with Gasteiger partial charge in [-0.15, -0.1) is 0 Å². The largest absolute Gasteiger partial charge is 0.312 e. The maximum Gasteiger partial charge on any atom is 0.294 e. The summed E-state index contributed by atoms with van der Waals surface area (Å²) in [5.74, 6) is 0.497. The number of nitro benzene ring substituents is 1. The average Bonchev–Trinajstić information content (AvgIpc) is 3.02. The van der Waals surface area contributed by atoms with Crippen LogP contribution in [0.4, 0.5) is 5.69 Å². The molecule has 1 aromatic heterocycles. The molecule has 0 unspecified atom stereocenters. The second kappa shape index (κ2) is 6.36. The molecule has 1 aliphatic heterocycles. The van der Waals surface area contributed by atoms with Crippen LogP contribution in [0.5, 0.6) is 0 Å². The number of aromatic nitrogens is 2. The van der Waals surface area contributed by atoms with E-state index in [0.717, 1.165) is 30.9 Å². The molecule has 1 aliphatic carbocycles. The lowest BCUT2D eigenvalue weighted by Gasteiger charge is -2.22. The molecule has 4 rings (SSSR count). The van der Waals surface area contributed by atoms with Crippen LogP contribution in [-0.2, 0) is 13.0 Å². The first kappa shape index (κ1) is 15.3. The quantitative estimate of drug-likeness (QED) is 0.692. The number of para-hydroxylation sites is 2. The van der Waals surface area contributed by atoms with Gasteiger partial charge in [-0.2, -0.15) is 5.10 Å². The summed E-state index contributed by atoms with van der Waals surface area (Å²) in [5, 5.41) is 19.8. The van der Waals surface area contributed by atoms with Gasteiger partial charge in [0.25, 0.3) is 5.69 Å². The molecule has 0 radical (unpaired) electrons. The van der Waals surface area contributed by atoms with Gasteiger partial charge in [0.1, 0.15) is 5.69 Å². The molecule has 24 heavy (non-hydrogen) atoms. The van der Waals surface area contributed by atoms with Crippen molar-refractivity contribution in [1.82, 2.24) is 15.1 Å². The Hall–Kier alpha value is -2.21. The van der Waals surface area contributed by atoms with E-state index in [2.05, 4.69) is 5.32 Å². The highest BCUT2D eigenvalue weighted by molar-refractivity contribution is 5.53. The fraction of sp³-hybridized carbons (Fsp3) is 0.500. The van der Waals surface area contributed by atoms with Gasteiger partial charge in [-0.1, -0.05) is 31.4 Å². The number of nitrogens with zero attached hydrogens (tertiary/aromatic N) is 3. The number of nitrogens with one attached hydrogen (secondary N) is 1. The standard InChI is InChI=1S/C18H22N4O2/c23-22(24)17-9-5-4-8-16(17)21-15-10-11-19-12-14(15)18(20-21)13-6-2-1-3-7-13/h4-5,8-9,13,19H,1-3,6-7,10-12H2. The Morgan fingerprint density at radius 3 is 2.79 bits per heavy atom. The third-order valence-electron chi connectivity index (χ3n) is 5.26. The van der Waals surface area contributed by atoms with Gasteiger partial charge in [0, 0.05) is 37.1 Å². The molecule has 0 amide bonds. The maximum absolute atomic E-state index is 11.4. The van der Waals surface area contributed by atoms with Crippen molar-refractivity contribution in [3.05, 3.63) is 51.3 Å². The van der Waals surface area contributed by atoms with Crippen molar-refractivity contribution in [2.45, 2.75) is 51.0 Å². The fourth-order valence-electron chi connectivity index (χ4n) is 4.07. The predicted molar refractivity (Wildman–Crippen MR) is 91.5 cm³/mol. The molecule has 0 atom stereocenters. The third-order valence-corrected chi connectivity index (χ3v) is 5.26. The van der Waals surface area contributed by atoms with Crippen LogP contribution in [0.15, 0.2) is 24.3 Å². The summed E-state index contributed by atoms with van der Waals surface area (Å²) in [6, 6.07) is 6.92. The minimum atomic E-state index is -0.315. The van der Waals surface area contributed by atoms with Crippen molar-refractivity contribution in [3.63, 3.8) is 0 Å². The number of fused-ring (bicyclic) bond motifs is 1. The van der Waals surface area contributed by atoms with E-state index >= 15 is 0 Å². The van der Waals surface area contributed by atoms with E-state index in [0.29, 0.717) is 11.6 Å². The van der Waals surface area contributed by atoms with E-state index in [9.17, 15) is 10.1 Å². The molecule has 0 saturated heterocycles. The van der Waals surface area contributed by atoms with E-state index in [1.807, 2.05) is 10.7 Å². The highest BCUT2D eigenvalue weighted by Gasteiger charge is 2.29. The van der Waals surface area contributed by atoms with E-state index in [4.69, 9.17) is 5.10 Å². The summed E-state index contributed by atoms with van der Waals surface area (Å²) in [7, 11) is 0. The molecule has 0 bridgehead atoms. The SMILES string of the molecule is O=[N+]([O-])c1ccccc1-n1nc(C2CCCCC2)c2c1CCNC2. The van der Waals surface area contributed by atoms with Crippen molar-refractivity contribution in [3.8, 4) is 5.69 Å². The lowest BCUT2D eigenvalue weighted by Crippen LogP contribution is -2.25. The van der Waals surface area contributed by atoms with Gasteiger partial charge in [-0.3, -0.25) is 10.1 Å². The van der Waals surface area contributed by atoms with Crippen molar-refractivity contribution in [2.75, 3.05) is 6.54 Å². The molecule has 126 valence electrons. The number of hydrogen-bond donors (Lipinski definition) is 1. The molecule has 2 heterocycles. The number of benzene rings is 1. The summed E-state index contributed by atoms with van der Waals surface area (Å²) >= 11 is 0. The molecule has 1 fully saturated rings. The van der Waals surface area contributed by atoms with Crippen molar-refractivity contribution >= 4 is 5.69 Å². The first-order valence-corrected chi connectivity index (χ1v) is 8.81. The summed E-state index contributed by atoms with van der Waals surface area (Å²) in [6.45, 7) is 1.71. The Balaban J connectivity index is 1.84. The second-order valence-electron chi connectivity index (χ2n) is 6.73. The minimum Gasteiger partial charge on any atom is -0.312 e. The summed E-state index contributed by atoms with van der Waals surface area (Å²) in [4.78, 5) is 11.1. The minimum absolute atomic E-state index is 0.122. The van der Waals surface area contributed by atoms with Crippen molar-refractivity contribution in [2.24, 2.45) is 0 Å². The molecule has 1 N–H and O–H groups in total. The maximum atomic E-state index is 11.4. The van der Waals surface area contributed by atoms with E-state index in [1.54, 1.807) is 18.2 Å². The smallest absolute Gasteiger partial charge is 0.294 e. The lowest BCUT2D eigenvalue weighted by atomic mass is 9.84. The number of nitro groups is 1. The second-order valence-corrected chi connectivity index (χ2v) is 6.73. The summed E-state index contributed by atoms with van der Waals surface area (Å²) < 4.78 is 1.85. The molecule has 6 heteroatoms. The van der Waals surface area contributed by atoms with Gasteiger partial charge in [0.05, 0.1) is 16.3 Å². The predicted octanol–water partition coefficient (Wildman–Crippen LogP) is 3.47. The van der Waals surface area contributed by atoms with Gasteiger partial charge < -0.3 is 5.32 Å². The van der Waals surface area contributed by atoms with Gasteiger partial charge in [0.15, 0.2) is 0 Å². The zero-order valence-electron chi connectivity index (χ0n) is 13.7. The Morgan fingerprint density at radius 1 is 1.21 bits per heavy atom. The van der Waals surface area contributed by atoms with E-state index < -0.39 is 0 Å². The first-order valence-electron chi connectivity index (χ1n) is 8.81. The molecule has 1 saturated carbocycles.